The van der Waals surface area contributed by atoms with Crippen LogP contribution in [0, 0.1) is 11.3 Å². The van der Waals surface area contributed by atoms with Gasteiger partial charge < -0.3 is 19.9 Å². The molecule has 1 aliphatic heterocycles. The normalized spacial score (nSPS) is 20.1. The molecule has 5 rings (SSSR count). The van der Waals surface area contributed by atoms with Crippen LogP contribution in [0.15, 0.2) is 54.7 Å². The number of ether oxygens (including phenoxy) is 1. The van der Waals surface area contributed by atoms with E-state index < -0.39 is 11.7 Å². The molecule has 0 atom stereocenters. The second-order valence-electron chi connectivity index (χ2n) is 10.1. The third-order valence-electron chi connectivity index (χ3n) is 7.51. The lowest BCUT2D eigenvalue weighted by Crippen LogP contribution is -2.50. The van der Waals surface area contributed by atoms with Crippen LogP contribution in [0.2, 0.25) is 0 Å². The molecule has 2 fully saturated rings. The van der Waals surface area contributed by atoms with Gasteiger partial charge in [-0.2, -0.15) is 18.4 Å². The van der Waals surface area contributed by atoms with Crippen molar-refractivity contribution in [3.05, 3.63) is 65.9 Å². The Kier molecular flexibility index (Phi) is 7.89. The number of nitrogens with zero attached hydrogens (tertiary/aromatic N) is 4. The van der Waals surface area contributed by atoms with Crippen molar-refractivity contribution >= 4 is 28.2 Å². The molecule has 2 heterocycles. The van der Waals surface area contributed by atoms with Gasteiger partial charge in [0.05, 0.1) is 40.7 Å². The number of nitriles is 1. The first-order valence-corrected chi connectivity index (χ1v) is 13.2. The average Bonchev–Trinajstić information content (AvgIpc) is 2.96. The highest BCUT2D eigenvalue weighted by Crippen LogP contribution is 2.34. The smallest absolute Gasteiger partial charge is 0.382 e. The van der Waals surface area contributed by atoms with Gasteiger partial charge in [-0.3, -0.25) is 9.78 Å². The zero-order chi connectivity index (χ0) is 27.4. The molecule has 1 aliphatic carbocycles. The van der Waals surface area contributed by atoms with Gasteiger partial charge in [0.1, 0.15) is 6.61 Å². The summed E-state index contributed by atoms with van der Waals surface area (Å²) in [4.78, 5) is 21.4. The molecule has 7 nitrogen and oxygen atoms in total. The maximum absolute atomic E-state index is 13.2. The van der Waals surface area contributed by atoms with E-state index in [1.54, 1.807) is 6.07 Å². The zero-order valence-electron chi connectivity index (χ0n) is 21.5. The number of carbonyl (C=O) groups excluding carboxylic acids is 1. The van der Waals surface area contributed by atoms with Gasteiger partial charge in [0.25, 0.3) is 0 Å². The predicted octanol–water partition coefficient (Wildman–Crippen LogP) is 5.21. The number of anilines is 2. The molecule has 0 spiro atoms. The van der Waals surface area contributed by atoms with E-state index in [2.05, 4.69) is 21.3 Å². The van der Waals surface area contributed by atoms with Gasteiger partial charge in [-0.25, -0.2) is 0 Å². The van der Waals surface area contributed by atoms with Crippen molar-refractivity contribution in [2.75, 3.05) is 43.0 Å². The summed E-state index contributed by atoms with van der Waals surface area (Å²) < 4.78 is 45.7. The number of carbonyl (C=O) groups is 1. The molecular formula is C29H30F3N5O2. The summed E-state index contributed by atoms with van der Waals surface area (Å²) in [7, 11) is 0. The Hall–Kier alpha value is -3.84. The van der Waals surface area contributed by atoms with Crippen molar-refractivity contribution in [2.24, 2.45) is 0 Å². The third-order valence-corrected chi connectivity index (χ3v) is 7.51. The number of para-hydroxylation sites is 1. The first-order chi connectivity index (χ1) is 18.8. The molecule has 3 aromatic rings. The summed E-state index contributed by atoms with van der Waals surface area (Å²) in [5, 5.41) is 13.2. The van der Waals surface area contributed by atoms with Gasteiger partial charge in [-0.15, -0.1) is 0 Å². The summed E-state index contributed by atoms with van der Waals surface area (Å²) in [5.41, 5.74) is 1.04. The van der Waals surface area contributed by atoms with E-state index in [1.165, 1.54) is 12.1 Å². The standard InChI is InChI=1S/C29H30F3N5O2/c30-29(31,32)26-16-23(6-5-21(26)17-33)35-22-7-9-25(10-8-22)39-19-28(38)37-13-11-36(12-14-37)24-15-20-3-1-2-4-27(20)34-18-24/h1-6,15-16,18,22,25,35H,7-14,19H2. The van der Waals surface area contributed by atoms with Gasteiger partial charge in [0.2, 0.25) is 5.91 Å². The van der Waals surface area contributed by atoms with E-state index in [1.807, 2.05) is 35.4 Å². The largest absolute Gasteiger partial charge is 0.417 e. The lowest BCUT2D eigenvalue weighted by Gasteiger charge is -2.36. The second-order valence-corrected chi connectivity index (χ2v) is 10.1. The molecule has 39 heavy (non-hydrogen) atoms. The van der Waals surface area contributed by atoms with Crippen LogP contribution < -0.4 is 10.2 Å². The molecule has 2 aromatic carbocycles. The van der Waals surface area contributed by atoms with Gasteiger partial charge in [0.15, 0.2) is 0 Å². The van der Waals surface area contributed by atoms with Crippen LogP contribution in [0.5, 0.6) is 0 Å². The Morgan fingerprint density at radius 1 is 1.05 bits per heavy atom. The fourth-order valence-electron chi connectivity index (χ4n) is 5.30. The molecule has 10 heteroatoms. The van der Waals surface area contributed by atoms with Crippen molar-refractivity contribution in [3.63, 3.8) is 0 Å². The number of amides is 1. The molecular weight excluding hydrogens is 507 g/mol. The fraction of sp³-hybridized carbons (Fsp3) is 0.414. The fourth-order valence-corrected chi connectivity index (χ4v) is 5.30. The molecule has 0 unspecified atom stereocenters. The van der Waals surface area contributed by atoms with Gasteiger partial charge in [0, 0.05) is 43.3 Å². The van der Waals surface area contributed by atoms with E-state index in [0.29, 0.717) is 18.8 Å². The summed E-state index contributed by atoms with van der Waals surface area (Å²) in [6, 6.07) is 15.4. The van der Waals surface area contributed by atoms with E-state index in [4.69, 9.17) is 10.00 Å². The number of halogens is 3. The Morgan fingerprint density at radius 3 is 2.51 bits per heavy atom. The first-order valence-electron chi connectivity index (χ1n) is 13.2. The number of hydrogen-bond acceptors (Lipinski definition) is 6. The lowest BCUT2D eigenvalue weighted by molar-refractivity contribution is -0.139. The summed E-state index contributed by atoms with van der Waals surface area (Å²) >= 11 is 0. The number of alkyl halides is 3. The predicted molar refractivity (Wildman–Crippen MR) is 142 cm³/mol. The van der Waals surface area contributed by atoms with E-state index in [-0.39, 0.29) is 30.2 Å². The molecule has 0 bridgehead atoms. The van der Waals surface area contributed by atoms with Gasteiger partial charge >= 0.3 is 6.18 Å². The number of nitrogens with one attached hydrogen (secondary N) is 1. The minimum atomic E-state index is -4.58. The quantitative estimate of drug-likeness (QED) is 0.465. The number of benzene rings is 2. The van der Waals surface area contributed by atoms with Gasteiger partial charge in [-0.1, -0.05) is 18.2 Å². The van der Waals surface area contributed by atoms with E-state index >= 15 is 0 Å². The van der Waals surface area contributed by atoms with E-state index in [9.17, 15) is 18.0 Å². The number of rotatable bonds is 6. The monoisotopic (exact) mass is 537 g/mol. The summed E-state index contributed by atoms with van der Waals surface area (Å²) in [6.07, 6.45) is 0.124. The summed E-state index contributed by atoms with van der Waals surface area (Å²) in [5.74, 6) is -0.0243. The number of fused-ring (bicyclic) bond motifs is 1. The Balaban J connectivity index is 1.05. The van der Waals surface area contributed by atoms with Crippen molar-refractivity contribution < 1.29 is 22.7 Å². The highest BCUT2D eigenvalue weighted by molar-refractivity contribution is 5.82. The first kappa shape index (κ1) is 26.8. The molecule has 1 saturated carbocycles. The Bertz CT molecular complexity index is 1360. The van der Waals surface area contributed by atoms with Crippen LogP contribution in [0.4, 0.5) is 24.5 Å². The number of pyridine rings is 1. The van der Waals surface area contributed by atoms with Crippen molar-refractivity contribution in [1.82, 2.24) is 9.88 Å². The van der Waals surface area contributed by atoms with Crippen LogP contribution in [-0.4, -0.2) is 60.7 Å². The highest BCUT2D eigenvalue weighted by atomic mass is 19.4. The molecule has 204 valence electrons. The number of hydrogen-bond donors (Lipinski definition) is 1. The maximum Gasteiger partial charge on any atom is 0.417 e. The number of aromatic nitrogens is 1. The third kappa shape index (κ3) is 6.42. The average molecular weight is 538 g/mol. The molecule has 1 saturated heterocycles. The molecule has 1 aromatic heterocycles. The van der Waals surface area contributed by atoms with Crippen LogP contribution in [0.1, 0.15) is 36.8 Å². The van der Waals surface area contributed by atoms with Gasteiger partial charge in [-0.05, 0) is 56.0 Å². The maximum atomic E-state index is 13.2. The van der Waals surface area contributed by atoms with Crippen LogP contribution in [-0.2, 0) is 15.7 Å². The highest BCUT2D eigenvalue weighted by Gasteiger charge is 2.34. The number of piperazine rings is 1. The minimum absolute atomic E-state index is 0.00671. The van der Waals surface area contributed by atoms with Crippen molar-refractivity contribution in [2.45, 2.75) is 44.0 Å². The molecule has 0 radical (unpaired) electrons. The topological polar surface area (TPSA) is 81.5 Å². The van der Waals surface area contributed by atoms with Crippen LogP contribution in [0.3, 0.4) is 0 Å². The molecule has 1 amide bonds. The second kappa shape index (κ2) is 11.5. The molecule has 2 aliphatic rings. The van der Waals surface area contributed by atoms with Crippen molar-refractivity contribution in [3.8, 4) is 6.07 Å². The lowest BCUT2D eigenvalue weighted by atomic mass is 9.92. The SMILES string of the molecule is N#Cc1ccc(NC2CCC(OCC(=O)N3CCN(c4cnc5ccccc5c4)CC3)CC2)cc1C(F)(F)F. The summed E-state index contributed by atoms with van der Waals surface area (Å²) in [6.45, 7) is 2.74. The zero-order valence-corrected chi connectivity index (χ0v) is 21.5. The van der Waals surface area contributed by atoms with E-state index in [0.717, 1.165) is 61.4 Å². The Morgan fingerprint density at radius 2 is 1.79 bits per heavy atom. The Labute approximate surface area is 225 Å². The van der Waals surface area contributed by atoms with Crippen LogP contribution in [0.25, 0.3) is 10.9 Å². The van der Waals surface area contributed by atoms with Crippen LogP contribution >= 0.6 is 0 Å². The van der Waals surface area contributed by atoms with Crippen molar-refractivity contribution in [1.29, 1.82) is 5.26 Å². The minimum Gasteiger partial charge on any atom is -0.382 e. The molecule has 1 N–H and O–H groups in total.